The summed E-state index contributed by atoms with van der Waals surface area (Å²) in [5.74, 6) is -0.808. The van der Waals surface area contributed by atoms with E-state index in [9.17, 15) is 9.18 Å². The predicted octanol–water partition coefficient (Wildman–Crippen LogP) is 3.20. The van der Waals surface area contributed by atoms with Crippen molar-refractivity contribution in [2.24, 2.45) is 5.41 Å². The van der Waals surface area contributed by atoms with E-state index in [1.54, 1.807) is 6.07 Å². The number of hydrogen-bond acceptors (Lipinski definition) is 2. The van der Waals surface area contributed by atoms with Gasteiger partial charge in [0.05, 0.1) is 16.8 Å². The van der Waals surface area contributed by atoms with Gasteiger partial charge in [-0.2, -0.15) is 0 Å². The molecule has 104 valence electrons. The molecule has 1 heterocycles. The van der Waals surface area contributed by atoms with Crippen LogP contribution in [0.3, 0.4) is 0 Å². The van der Waals surface area contributed by atoms with E-state index in [1.165, 1.54) is 12.1 Å². The molecule has 1 unspecified atom stereocenters. The highest BCUT2D eigenvalue weighted by molar-refractivity contribution is 6.31. The number of carbonyl (C=O) groups excluding carboxylic acids is 1. The predicted molar refractivity (Wildman–Crippen MR) is 74.8 cm³/mol. The monoisotopic (exact) mass is 284 g/mol. The van der Waals surface area contributed by atoms with Crippen LogP contribution < -0.4 is 10.6 Å². The molecule has 1 aromatic carbocycles. The number of anilines is 1. The topological polar surface area (TPSA) is 41.1 Å². The van der Waals surface area contributed by atoms with Crippen molar-refractivity contribution in [3.8, 4) is 0 Å². The summed E-state index contributed by atoms with van der Waals surface area (Å²) in [6, 6.07) is 4.25. The van der Waals surface area contributed by atoms with Gasteiger partial charge in [0, 0.05) is 0 Å². The van der Waals surface area contributed by atoms with Gasteiger partial charge in [0.2, 0.25) is 5.91 Å². The number of hydrogen-bond donors (Lipinski definition) is 2. The third-order valence-corrected chi connectivity index (χ3v) is 3.89. The van der Waals surface area contributed by atoms with Crippen molar-refractivity contribution in [2.45, 2.75) is 32.7 Å². The van der Waals surface area contributed by atoms with E-state index in [0.29, 0.717) is 0 Å². The lowest BCUT2D eigenvalue weighted by atomic mass is 9.77. The van der Waals surface area contributed by atoms with E-state index in [2.05, 4.69) is 10.6 Å². The molecule has 1 atom stereocenters. The molecule has 0 aromatic heterocycles. The highest BCUT2D eigenvalue weighted by Crippen LogP contribution is 2.31. The van der Waals surface area contributed by atoms with Gasteiger partial charge in [-0.1, -0.05) is 31.5 Å². The maximum Gasteiger partial charge on any atom is 0.242 e. The molecule has 19 heavy (non-hydrogen) atoms. The zero-order valence-corrected chi connectivity index (χ0v) is 11.9. The Morgan fingerprint density at radius 2 is 2.26 bits per heavy atom. The summed E-state index contributed by atoms with van der Waals surface area (Å²) < 4.78 is 13.8. The Labute approximate surface area is 117 Å². The number of halogens is 2. The van der Waals surface area contributed by atoms with E-state index < -0.39 is 5.82 Å². The zero-order chi connectivity index (χ0) is 14.0. The summed E-state index contributed by atoms with van der Waals surface area (Å²) >= 11 is 5.70. The first kappa shape index (κ1) is 14.3. The van der Waals surface area contributed by atoms with Crippen molar-refractivity contribution < 1.29 is 9.18 Å². The molecule has 3 nitrogen and oxygen atoms in total. The Morgan fingerprint density at radius 3 is 2.95 bits per heavy atom. The molecular formula is C14H18ClFN2O. The van der Waals surface area contributed by atoms with E-state index in [4.69, 9.17) is 11.6 Å². The fourth-order valence-electron chi connectivity index (χ4n) is 2.46. The lowest BCUT2D eigenvalue weighted by Gasteiger charge is -2.38. The molecule has 1 aromatic rings. The van der Waals surface area contributed by atoms with E-state index >= 15 is 0 Å². The van der Waals surface area contributed by atoms with Gasteiger partial charge in [-0.3, -0.25) is 4.79 Å². The maximum absolute atomic E-state index is 13.8. The highest BCUT2D eigenvalue weighted by atomic mass is 35.5. The first-order valence-electron chi connectivity index (χ1n) is 6.40. The molecule has 1 aliphatic heterocycles. The normalized spacial score (nSPS) is 22.0. The first-order valence-corrected chi connectivity index (χ1v) is 6.78. The van der Waals surface area contributed by atoms with Crippen LogP contribution in [0.15, 0.2) is 18.2 Å². The summed E-state index contributed by atoms with van der Waals surface area (Å²) in [6.07, 6.45) is 2.01. The van der Waals surface area contributed by atoms with Crippen LogP contribution in [0, 0.1) is 11.2 Å². The SMILES string of the molecule is CC1(C)CCCNC1C(=O)Nc1cccc(Cl)c1F. The van der Waals surface area contributed by atoms with Crippen LogP contribution in [0.2, 0.25) is 5.02 Å². The number of carbonyl (C=O) groups is 1. The highest BCUT2D eigenvalue weighted by Gasteiger charge is 2.37. The summed E-state index contributed by atoms with van der Waals surface area (Å²) in [5.41, 5.74) is -0.0159. The molecule has 0 bridgehead atoms. The molecule has 2 N–H and O–H groups in total. The summed E-state index contributed by atoms with van der Waals surface area (Å²) in [4.78, 5) is 12.3. The van der Waals surface area contributed by atoms with Crippen molar-refractivity contribution >= 4 is 23.2 Å². The molecule has 1 amide bonds. The Bertz CT molecular complexity index is 490. The standard InChI is InChI=1S/C14H18ClFN2O/c1-14(2)7-4-8-17-12(14)13(19)18-10-6-3-5-9(15)11(10)16/h3,5-6,12,17H,4,7-8H2,1-2H3,(H,18,19). The summed E-state index contributed by atoms with van der Waals surface area (Å²) in [5, 5.41) is 5.82. The van der Waals surface area contributed by atoms with Gasteiger partial charge >= 0.3 is 0 Å². The number of nitrogens with one attached hydrogen (secondary N) is 2. The number of piperidine rings is 1. The minimum Gasteiger partial charge on any atom is -0.322 e. The van der Waals surface area contributed by atoms with E-state index in [0.717, 1.165) is 19.4 Å². The average molecular weight is 285 g/mol. The molecule has 0 spiro atoms. The van der Waals surface area contributed by atoms with Gasteiger partial charge in [0.15, 0.2) is 5.82 Å². The maximum atomic E-state index is 13.8. The van der Waals surface area contributed by atoms with Gasteiger partial charge in [-0.25, -0.2) is 4.39 Å². The molecule has 0 aliphatic carbocycles. The Hall–Kier alpha value is -1.13. The van der Waals surface area contributed by atoms with Gasteiger partial charge in [-0.15, -0.1) is 0 Å². The van der Waals surface area contributed by atoms with Gasteiger partial charge in [0.25, 0.3) is 0 Å². The van der Waals surface area contributed by atoms with Crippen LogP contribution in [0.25, 0.3) is 0 Å². The van der Waals surface area contributed by atoms with Crippen molar-refractivity contribution in [2.75, 3.05) is 11.9 Å². The first-order chi connectivity index (χ1) is 8.92. The molecule has 5 heteroatoms. The molecule has 0 radical (unpaired) electrons. The molecule has 1 fully saturated rings. The second-order valence-electron chi connectivity index (χ2n) is 5.57. The van der Waals surface area contributed by atoms with Crippen LogP contribution in [-0.2, 0) is 4.79 Å². The number of amides is 1. The van der Waals surface area contributed by atoms with Crippen molar-refractivity contribution in [1.29, 1.82) is 0 Å². The molecule has 1 saturated heterocycles. The van der Waals surface area contributed by atoms with Crippen LogP contribution in [-0.4, -0.2) is 18.5 Å². The Balaban J connectivity index is 2.14. The lowest BCUT2D eigenvalue weighted by Crippen LogP contribution is -2.53. The minimum atomic E-state index is -0.592. The van der Waals surface area contributed by atoms with Crippen LogP contribution in [0.4, 0.5) is 10.1 Å². The summed E-state index contributed by atoms with van der Waals surface area (Å²) in [7, 11) is 0. The van der Waals surface area contributed by atoms with Gasteiger partial charge in [0.1, 0.15) is 0 Å². The second kappa shape index (κ2) is 5.47. The Morgan fingerprint density at radius 1 is 1.53 bits per heavy atom. The molecule has 1 aliphatic rings. The summed E-state index contributed by atoms with van der Waals surface area (Å²) in [6.45, 7) is 4.88. The largest absolute Gasteiger partial charge is 0.322 e. The average Bonchev–Trinajstić information content (AvgIpc) is 2.34. The van der Waals surface area contributed by atoms with Crippen LogP contribution in [0.5, 0.6) is 0 Å². The fourth-order valence-corrected chi connectivity index (χ4v) is 2.64. The van der Waals surface area contributed by atoms with E-state index in [-0.39, 0.29) is 28.1 Å². The lowest BCUT2D eigenvalue weighted by molar-refractivity contribution is -0.121. The quantitative estimate of drug-likeness (QED) is 0.876. The Kier molecular flexibility index (Phi) is 4.11. The van der Waals surface area contributed by atoms with E-state index in [1.807, 2.05) is 13.8 Å². The minimum absolute atomic E-state index is 0.00802. The second-order valence-corrected chi connectivity index (χ2v) is 5.98. The number of benzene rings is 1. The van der Waals surface area contributed by atoms with Crippen molar-refractivity contribution in [3.63, 3.8) is 0 Å². The van der Waals surface area contributed by atoms with Crippen LogP contribution in [0.1, 0.15) is 26.7 Å². The third-order valence-electron chi connectivity index (χ3n) is 3.60. The smallest absolute Gasteiger partial charge is 0.242 e. The molecule has 2 rings (SSSR count). The molecule has 0 saturated carbocycles. The van der Waals surface area contributed by atoms with Crippen molar-refractivity contribution in [1.82, 2.24) is 5.32 Å². The van der Waals surface area contributed by atoms with Crippen molar-refractivity contribution in [3.05, 3.63) is 29.0 Å². The third kappa shape index (κ3) is 3.07. The zero-order valence-electron chi connectivity index (χ0n) is 11.1. The fraction of sp³-hybridized carbons (Fsp3) is 0.500. The number of rotatable bonds is 2. The molecular weight excluding hydrogens is 267 g/mol. The van der Waals surface area contributed by atoms with Gasteiger partial charge in [-0.05, 0) is 36.9 Å². The van der Waals surface area contributed by atoms with Crippen LogP contribution >= 0.6 is 11.6 Å². The van der Waals surface area contributed by atoms with Gasteiger partial charge < -0.3 is 10.6 Å².